The summed E-state index contributed by atoms with van der Waals surface area (Å²) in [5.74, 6) is 2.22. The number of thioether (sulfide) groups is 1. The van der Waals surface area contributed by atoms with Crippen molar-refractivity contribution >= 4 is 34.5 Å². The summed E-state index contributed by atoms with van der Waals surface area (Å²) in [5.41, 5.74) is 2.34. The number of carbonyl (C=O) groups excluding carboxylic acids is 1. The molecular weight excluding hydrogens is 442 g/mol. The molecule has 2 aromatic heterocycles. The number of amides is 1. The van der Waals surface area contributed by atoms with Crippen LogP contribution in [0.4, 0.5) is 5.82 Å². The van der Waals surface area contributed by atoms with Gasteiger partial charge >= 0.3 is 0 Å². The van der Waals surface area contributed by atoms with Crippen molar-refractivity contribution in [2.24, 2.45) is 0 Å². The fourth-order valence-corrected chi connectivity index (χ4v) is 4.60. The SMILES string of the molecule is COc1cnc2cccc(OC[C@@H]3CC[C@@H](NCc4ccc5c(n4)NC(=O)CS5)CO3)c2n1. The molecule has 10 heteroatoms. The largest absolute Gasteiger partial charge is 0.489 e. The summed E-state index contributed by atoms with van der Waals surface area (Å²) in [5, 5.41) is 6.34. The van der Waals surface area contributed by atoms with Crippen molar-refractivity contribution in [3.8, 4) is 11.6 Å². The maximum Gasteiger partial charge on any atom is 0.235 e. The number of hydrogen-bond acceptors (Lipinski definition) is 9. The number of hydrogen-bond donors (Lipinski definition) is 2. The second-order valence-corrected chi connectivity index (χ2v) is 8.96. The first-order chi connectivity index (χ1) is 16.2. The molecule has 172 valence electrons. The lowest BCUT2D eigenvalue weighted by Crippen LogP contribution is -2.41. The average Bonchev–Trinajstić information content (AvgIpc) is 2.86. The first-order valence-corrected chi connectivity index (χ1v) is 11.9. The molecular formula is C23H25N5O4S. The molecule has 2 aliphatic heterocycles. The number of nitrogens with one attached hydrogen (secondary N) is 2. The quantitative estimate of drug-likeness (QED) is 0.542. The molecule has 1 aromatic carbocycles. The third-order valence-electron chi connectivity index (χ3n) is 5.62. The maximum atomic E-state index is 11.6. The van der Waals surface area contributed by atoms with Gasteiger partial charge in [0.1, 0.15) is 23.7 Å². The van der Waals surface area contributed by atoms with Crippen molar-refractivity contribution in [3.63, 3.8) is 0 Å². The van der Waals surface area contributed by atoms with E-state index in [0.29, 0.717) is 48.5 Å². The number of anilines is 1. The number of nitrogens with zero attached hydrogens (tertiary/aromatic N) is 3. The van der Waals surface area contributed by atoms with Crippen LogP contribution in [0.1, 0.15) is 18.5 Å². The Hall–Kier alpha value is -2.95. The summed E-state index contributed by atoms with van der Waals surface area (Å²) in [4.78, 5) is 26.0. The summed E-state index contributed by atoms with van der Waals surface area (Å²) >= 11 is 1.52. The molecule has 2 N–H and O–H groups in total. The molecule has 9 nitrogen and oxygen atoms in total. The lowest BCUT2D eigenvalue weighted by molar-refractivity contribution is -0.113. The van der Waals surface area contributed by atoms with Crippen molar-refractivity contribution in [2.45, 2.75) is 36.4 Å². The lowest BCUT2D eigenvalue weighted by atomic mass is 10.1. The summed E-state index contributed by atoms with van der Waals surface area (Å²) in [7, 11) is 1.57. The predicted octanol–water partition coefficient (Wildman–Crippen LogP) is 2.79. The highest BCUT2D eigenvalue weighted by Gasteiger charge is 2.23. The van der Waals surface area contributed by atoms with Gasteiger partial charge in [-0.1, -0.05) is 6.07 Å². The third-order valence-corrected chi connectivity index (χ3v) is 6.67. The van der Waals surface area contributed by atoms with Gasteiger partial charge in [0.05, 0.1) is 47.9 Å². The number of rotatable bonds is 7. The monoisotopic (exact) mass is 467 g/mol. The number of benzene rings is 1. The Labute approximate surface area is 195 Å². The second kappa shape index (κ2) is 9.90. The minimum Gasteiger partial charge on any atom is -0.489 e. The van der Waals surface area contributed by atoms with Gasteiger partial charge in [-0.2, -0.15) is 0 Å². The van der Waals surface area contributed by atoms with Crippen molar-refractivity contribution in [1.29, 1.82) is 0 Å². The van der Waals surface area contributed by atoms with E-state index < -0.39 is 0 Å². The smallest absolute Gasteiger partial charge is 0.235 e. The van der Waals surface area contributed by atoms with Gasteiger partial charge in [0.15, 0.2) is 0 Å². The number of fused-ring (bicyclic) bond motifs is 2. The Balaban J connectivity index is 1.11. The fraction of sp³-hybridized carbons (Fsp3) is 0.391. The van der Waals surface area contributed by atoms with Gasteiger partial charge in [0.2, 0.25) is 11.8 Å². The molecule has 2 atom stereocenters. The highest BCUT2D eigenvalue weighted by Crippen LogP contribution is 2.30. The van der Waals surface area contributed by atoms with Crippen molar-refractivity contribution in [2.75, 3.05) is 31.4 Å². The highest BCUT2D eigenvalue weighted by atomic mass is 32.2. The van der Waals surface area contributed by atoms with E-state index in [9.17, 15) is 4.79 Å². The highest BCUT2D eigenvalue weighted by molar-refractivity contribution is 8.00. The summed E-state index contributed by atoms with van der Waals surface area (Å²) < 4.78 is 17.3. The number of para-hydroxylation sites is 1. The predicted molar refractivity (Wildman–Crippen MR) is 125 cm³/mol. The molecule has 4 heterocycles. The van der Waals surface area contributed by atoms with Crippen LogP contribution in [-0.4, -0.2) is 59.1 Å². The van der Waals surface area contributed by atoms with E-state index in [2.05, 4.69) is 25.6 Å². The van der Waals surface area contributed by atoms with Gasteiger partial charge in [-0.25, -0.2) is 15.0 Å². The van der Waals surface area contributed by atoms with Gasteiger partial charge in [0.25, 0.3) is 0 Å². The minimum atomic E-state index is -0.00580. The van der Waals surface area contributed by atoms with E-state index in [1.54, 1.807) is 13.3 Å². The molecule has 3 aromatic rings. The molecule has 0 saturated carbocycles. The average molecular weight is 468 g/mol. The van der Waals surface area contributed by atoms with Crippen molar-refractivity contribution in [1.82, 2.24) is 20.3 Å². The number of carbonyl (C=O) groups is 1. The van der Waals surface area contributed by atoms with E-state index in [1.807, 2.05) is 30.3 Å². The van der Waals surface area contributed by atoms with Gasteiger partial charge in [0, 0.05) is 12.6 Å². The zero-order valence-corrected chi connectivity index (χ0v) is 19.1. The van der Waals surface area contributed by atoms with Crippen LogP contribution in [0.2, 0.25) is 0 Å². The molecule has 0 aliphatic carbocycles. The molecule has 0 bridgehead atoms. The maximum absolute atomic E-state index is 11.6. The summed E-state index contributed by atoms with van der Waals surface area (Å²) in [6.45, 7) is 1.68. The number of ether oxygens (including phenoxy) is 3. The molecule has 1 amide bonds. The van der Waals surface area contributed by atoms with E-state index in [-0.39, 0.29) is 18.1 Å². The van der Waals surface area contributed by atoms with Crippen molar-refractivity contribution in [3.05, 3.63) is 42.2 Å². The van der Waals surface area contributed by atoms with Gasteiger partial charge in [-0.3, -0.25) is 4.79 Å². The number of aromatic nitrogens is 3. The Morgan fingerprint density at radius 1 is 1.24 bits per heavy atom. The standard InChI is InChI=1S/C23H25N5O4S/c1-30-21-10-25-17-3-2-4-18(22(17)28-21)32-12-16-7-5-15(11-31-16)24-9-14-6-8-19-23(26-14)27-20(29)13-33-19/h2-4,6,8,10,15-16,24H,5,7,9,11-13H2,1H3,(H,26,27,29)/t15-,16+/m1/s1. The van der Waals surface area contributed by atoms with Gasteiger partial charge in [-0.05, 0) is 37.1 Å². The van der Waals surface area contributed by atoms with Crippen LogP contribution < -0.4 is 20.1 Å². The van der Waals surface area contributed by atoms with Gasteiger partial charge in [-0.15, -0.1) is 11.8 Å². The molecule has 0 radical (unpaired) electrons. The molecule has 2 aliphatic rings. The van der Waals surface area contributed by atoms with Crippen LogP contribution in [0.3, 0.4) is 0 Å². The summed E-state index contributed by atoms with van der Waals surface area (Å²) in [6.07, 6.45) is 3.49. The van der Waals surface area contributed by atoms with Crippen molar-refractivity contribution < 1.29 is 19.0 Å². The summed E-state index contributed by atoms with van der Waals surface area (Å²) in [6, 6.07) is 9.94. The van der Waals surface area contributed by atoms with E-state index >= 15 is 0 Å². The van der Waals surface area contributed by atoms with Crippen LogP contribution in [0.5, 0.6) is 11.6 Å². The molecule has 1 saturated heterocycles. The Morgan fingerprint density at radius 2 is 2.18 bits per heavy atom. The number of pyridine rings is 1. The first kappa shape index (κ1) is 21.9. The van der Waals surface area contributed by atoms with Crippen LogP contribution in [-0.2, 0) is 16.1 Å². The van der Waals surface area contributed by atoms with Crippen LogP contribution in [0.15, 0.2) is 41.4 Å². The number of methoxy groups -OCH3 is 1. The Morgan fingerprint density at radius 3 is 3.03 bits per heavy atom. The third kappa shape index (κ3) is 5.18. The topological polar surface area (TPSA) is 107 Å². The zero-order valence-electron chi connectivity index (χ0n) is 18.2. The van der Waals surface area contributed by atoms with Crippen LogP contribution in [0.25, 0.3) is 11.0 Å². The normalized spacial score (nSPS) is 20.2. The molecule has 0 spiro atoms. The Kier molecular flexibility index (Phi) is 6.56. The van der Waals surface area contributed by atoms with E-state index in [1.165, 1.54) is 11.8 Å². The second-order valence-electron chi connectivity index (χ2n) is 7.94. The van der Waals surface area contributed by atoms with Crippen LogP contribution in [0, 0.1) is 0 Å². The molecule has 1 fully saturated rings. The fourth-order valence-electron chi connectivity index (χ4n) is 3.84. The zero-order chi connectivity index (χ0) is 22.6. The molecule has 0 unspecified atom stereocenters. The van der Waals surface area contributed by atoms with E-state index in [0.717, 1.165) is 28.9 Å². The lowest BCUT2D eigenvalue weighted by Gasteiger charge is -2.29. The van der Waals surface area contributed by atoms with Crippen LogP contribution >= 0.6 is 11.8 Å². The van der Waals surface area contributed by atoms with Gasteiger partial charge < -0.3 is 24.8 Å². The molecule has 33 heavy (non-hydrogen) atoms. The minimum absolute atomic E-state index is 0.00580. The first-order valence-electron chi connectivity index (χ1n) is 10.9. The van der Waals surface area contributed by atoms with E-state index in [4.69, 9.17) is 14.2 Å². The molecule has 5 rings (SSSR count). The Bertz CT molecular complexity index is 1150.